The summed E-state index contributed by atoms with van der Waals surface area (Å²) in [4.78, 5) is 28.2. The molecule has 2 bridgehead atoms. The molecule has 0 N–H and O–H groups in total. The molecule has 7 nitrogen and oxygen atoms in total. The number of nitrogens with zero attached hydrogens (tertiary/aromatic N) is 4. The van der Waals surface area contributed by atoms with Gasteiger partial charge in [-0.2, -0.15) is 8.75 Å². The van der Waals surface area contributed by atoms with Gasteiger partial charge in [0.25, 0.3) is 5.91 Å². The molecule has 2 amide bonds. The van der Waals surface area contributed by atoms with E-state index in [0.717, 1.165) is 11.7 Å². The van der Waals surface area contributed by atoms with Crippen LogP contribution in [0.15, 0.2) is 0 Å². The lowest BCUT2D eigenvalue weighted by Gasteiger charge is -2.28. The molecule has 3 heterocycles. The third-order valence-electron chi connectivity index (χ3n) is 3.89. The van der Waals surface area contributed by atoms with E-state index in [2.05, 4.69) is 8.75 Å². The molecule has 1 aromatic rings. The fourth-order valence-electron chi connectivity index (χ4n) is 2.64. The number of aromatic nitrogens is 2. The second-order valence-electron chi connectivity index (χ2n) is 5.25. The van der Waals surface area contributed by atoms with E-state index in [1.54, 1.807) is 23.8 Å². The largest absolute Gasteiger partial charge is 0.378 e. The summed E-state index contributed by atoms with van der Waals surface area (Å²) in [5.74, 6) is -0.379. The summed E-state index contributed by atoms with van der Waals surface area (Å²) in [6.07, 6.45) is 0. The first-order valence-corrected chi connectivity index (χ1v) is 7.24. The van der Waals surface area contributed by atoms with E-state index in [4.69, 9.17) is 4.74 Å². The monoisotopic (exact) mass is 296 g/mol. The van der Waals surface area contributed by atoms with Crippen LogP contribution >= 0.6 is 11.7 Å². The van der Waals surface area contributed by atoms with Crippen LogP contribution in [0.1, 0.15) is 16.2 Å². The second kappa shape index (κ2) is 5.10. The Kier molecular flexibility index (Phi) is 3.43. The third kappa shape index (κ3) is 2.18. The van der Waals surface area contributed by atoms with E-state index in [1.807, 2.05) is 0 Å². The van der Waals surface area contributed by atoms with Crippen LogP contribution in [0.5, 0.6) is 0 Å². The number of carbonyl (C=O) groups excluding carboxylic acids is 2. The maximum atomic E-state index is 12.5. The SMILES string of the molecule is Cc1nsnc1C(=O)N1C[C@@H]2COC[C@H](C1)N(C)C2=O. The lowest BCUT2D eigenvalue weighted by Crippen LogP contribution is -2.45. The van der Waals surface area contributed by atoms with Gasteiger partial charge in [-0.05, 0) is 6.92 Å². The fraction of sp³-hybridized carbons (Fsp3) is 0.667. The molecule has 2 saturated heterocycles. The van der Waals surface area contributed by atoms with Crippen molar-refractivity contribution in [3.8, 4) is 0 Å². The minimum Gasteiger partial charge on any atom is -0.378 e. The first kappa shape index (κ1) is 13.4. The highest BCUT2D eigenvalue weighted by atomic mass is 32.1. The molecule has 2 fully saturated rings. The number of ether oxygens (including phenoxy) is 1. The molecule has 108 valence electrons. The summed E-state index contributed by atoms with van der Waals surface area (Å²) in [5, 5.41) is 0. The van der Waals surface area contributed by atoms with Gasteiger partial charge < -0.3 is 14.5 Å². The van der Waals surface area contributed by atoms with Crippen molar-refractivity contribution in [2.45, 2.75) is 13.0 Å². The predicted molar refractivity (Wildman–Crippen MR) is 71.4 cm³/mol. The fourth-order valence-corrected chi connectivity index (χ4v) is 3.18. The molecule has 2 aliphatic rings. The zero-order valence-electron chi connectivity index (χ0n) is 11.4. The average Bonchev–Trinajstić information content (AvgIpc) is 2.73. The van der Waals surface area contributed by atoms with Crippen molar-refractivity contribution in [2.24, 2.45) is 5.92 Å². The van der Waals surface area contributed by atoms with E-state index in [0.29, 0.717) is 37.7 Å². The Bertz CT molecular complexity index is 547. The summed E-state index contributed by atoms with van der Waals surface area (Å²) in [7, 11) is 1.78. The van der Waals surface area contributed by atoms with Gasteiger partial charge in [0.05, 0.1) is 42.6 Å². The van der Waals surface area contributed by atoms with Crippen molar-refractivity contribution in [2.75, 3.05) is 33.4 Å². The van der Waals surface area contributed by atoms with Crippen LogP contribution in [-0.4, -0.2) is 69.8 Å². The summed E-state index contributed by atoms with van der Waals surface area (Å²) in [5.41, 5.74) is 1.04. The Morgan fingerprint density at radius 3 is 2.85 bits per heavy atom. The molecular weight excluding hydrogens is 280 g/mol. The molecule has 1 aromatic heterocycles. The molecule has 0 unspecified atom stereocenters. The Balaban J connectivity index is 1.87. The van der Waals surface area contributed by atoms with Crippen molar-refractivity contribution in [3.63, 3.8) is 0 Å². The second-order valence-corrected chi connectivity index (χ2v) is 5.77. The maximum Gasteiger partial charge on any atom is 0.275 e. The number of amides is 2. The highest BCUT2D eigenvalue weighted by Crippen LogP contribution is 2.21. The summed E-state index contributed by atoms with van der Waals surface area (Å²) < 4.78 is 13.6. The van der Waals surface area contributed by atoms with Crippen LogP contribution in [0.4, 0.5) is 0 Å². The Morgan fingerprint density at radius 1 is 1.35 bits per heavy atom. The first-order chi connectivity index (χ1) is 9.58. The van der Waals surface area contributed by atoms with Gasteiger partial charge in [0.2, 0.25) is 5.91 Å². The smallest absolute Gasteiger partial charge is 0.275 e. The van der Waals surface area contributed by atoms with Crippen molar-refractivity contribution in [3.05, 3.63) is 11.4 Å². The molecule has 2 atom stereocenters. The first-order valence-electron chi connectivity index (χ1n) is 6.50. The van der Waals surface area contributed by atoms with Gasteiger partial charge in [0.15, 0.2) is 5.69 Å². The topological polar surface area (TPSA) is 75.6 Å². The van der Waals surface area contributed by atoms with Crippen molar-refractivity contribution < 1.29 is 14.3 Å². The number of hydrogen-bond acceptors (Lipinski definition) is 6. The molecule has 8 heteroatoms. The van der Waals surface area contributed by atoms with Gasteiger partial charge >= 0.3 is 0 Å². The summed E-state index contributed by atoms with van der Waals surface area (Å²) >= 11 is 1.04. The van der Waals surface area contributed by atoms with Crippen molar-refractivity contribution in [1.29, 1.82) is 0 Å². The van der Waals surface area contributed by atoms with Crippen LogP contribution in [-0.2, 0) is 9.53 Å². The lowest BCUT2D eigenvalue weighted by molar-refractivity contribution is -0.133. The van der Waals surface area contributed by atoms with Gasteiger partial charge in [-0.1, -0.05) is 0 Å². The third-order valence-corrected chi connectivity index (χ3v) is 4.51. The normalized spacial score (nSPS) is 26.6. The Morgan fingerprint density at radius 2 is 2.15 bits per heavy atom. The van der Waals surface area contributed by atoms with Crippen LogP contribution < -0.4 is 0 Å². The number of aryl methyl sites for hydroxylation is 1. The minimum absolute atomic E-state index is 0.0518. The molecule has 0 aromatic carbocycles. The van der Waals surface area contributed by atoms with E-state index in [9.17, 15) is 9.59 Å². The Hall–Kier alpha value is -1.54. The number of fused-ring (bicyclic) bond motifs is 3. The average molecular weight is 296 g/mol. The molecule has 0 radical (unpaired) electrons. The lowest BCUT2D eigenvalue weighted by atomic mass is 10.1. The Labute approximate surface area is 120 Å². The van der Waals surface area contributed by atoms with Gasteiger partial charge in [0.1, 0.15) is 0 Å². The zero-order valence-corrected chi connectivity index (χ0v) is 12.2. The standard InChI is InChI=1S/C12H16N4O3S/c1-7-10(14-20-13-7)12(18)16-3-8-5-19-6-9(4-16)15(2)11(8)17/h8-9H,3-6H2,1-2H3/t8-,9+/m1/s1. The predicted octanol–water partition coefficient (Wildman–Crippen LogP) is -0.224. The number of rotatable bonds is 1. The number of hydrogen-bond donors (Lipinski definition) is 0. The van der Waals surface area contributed by atoms with Crippen molar-refractivity contribution >= 4 is 23.5 Å². The van der Waals surface area contributed by atoms with Gasteiger partial charge in [-0.25, -0.2) is 0 Å². The van der Waals surface area contributed by atoms with Crippen LogP contribution in [0.3, 0.4) is 0 Å². The molecule has 2 aliphatic heterocycles. The maximum absolute atomic E-state index is 12.5. The van der Waals surface area contributed by atoms with E-state index >= 15 is 0 Å². The van der Waals surface area contributed by atoms with Crippen LogP contribution in [0.2, 0.25) is 0 Å². The van der Waals surface area contributed by atoms with Gasteiger partial charge in [-0.15, -0.1) is 0 Å². The van der Waals surface area contributed by atoms with E-state index in [1.165, 1.54) is 0 Å². The quantitative estimate of drug-likeness (QED) is 0.716. The molecule has 3 rings (SSSR count). The van der Waals surface area contributed by atoms with E-state index in [-0.39, 0.29) is 23.8 Å². The highest BCUT2D eigenvalue weighted by molar-refractivity contribution is 6.99. The number of likely N-dealkylation sites (N-methyl/N-ethyl adjacent to an activating group) is 1. The molecule has 0 saturated carbocycles. The zero-order chi connectivity index (χ0) is 14.3. The van der Waals surface area contributed by atoms with Gasteiger partial charge in [0, 0.05) is 20.1 Å². The molecule has 0 spiro atoms. The van der Waals surface area contributed by atoms with E-state index < -0.39 is 0 Å². The van der Waals surface area contributed by atoms with Crippen molar-refractivity contribution in [1.82, 2.24) is 18.5 Å². The summed E-state index contributed by atoms with van der Waals surface area (Å²) in [6, 6.07) is -0.0918. The molecule has 20 heavy (non-hydrogen) atoms. The summed E-state index contributed by atoms with van der Waals surface area (Å²) in [6.45, 7) is 3.48. The highest BCUT2D eigenvalue weighted by Gasteiger charge is 2.39. The number of carbonyl (C=O) groups is 2. The minimum atomic E-state index is -0.289. The van der Waals surface area contributed by atoms with Crippen LogP contribution in [0, 0.1) is 12.8 Å². The molecular formula is C12H16N4O3S. The van der Waals surface area contributed by atoms with Crippen LogP contribution in [0.25, 0.3) is 0 Å². The molecule has 0 aliphatic carbocycles. The van der Waals surface area contributed by atoms with Gasteiger partial charge in [-0.3, -0.25) is 9.59 Å².